The molecule has 0 bridgehead atoms. The molecule has 0 aromatic carbocycles. The van der Waals surface area contributed by atoms with Gasteiger partial charge in [-0.2, -0.15) is 0 Å². The molecule has 1 aliphatic rings. The maximum Gasteiger partial charge on any atom is 0.220 e. The lowest BCUT2D eigenvalue weighted by molar-refractivity contribution is -0.123. The maximum absolute atomic E-state index is 11.7. The molecule has 2 atom stereocenters. The fourth-order valence-electron chi connectivity index (χ4n) is 1.65. The van der Waals surface area contributed by atoms with Gasteiger partial charge in [-0.15, -0.1) is 0 Å². The third-order valence-electron chi connectivity index (χ3n) is 3.40. The van der Waals surface area contributed by atoms with Gasteiger partial charge in [-0.1, -0.05) is 27.7 Å². The largest absolute Gasteiger partial charge is 0.352 e. The highest BCUT2D eigenvalue weighted by Crippen LogP contribution is 2.27. The predicted molar refractivity (Wildman–Crippen MR) is 62.7 cm³/mol. The molecule has 1 amide bonds. The van der Waals surface area contributed by atoms with E-state index in [1.807, 2.05) is 0 Å². The number of hydrogen-bond donors (Lipinski definition) is 2. The van der Waals surface area contributed by atoms with Crippen LogP contribution in [0.2, 0.25) is 0 Å². The van der Waals surface area contributed by atoms with E-state index in [2.05, 4.69) is 38.3 Å². The zero-order valence-electron chi connectivity index (χ0n) is 10.4. The van der Waals surface area contributed by atoms with Crippen molar-refractivity contribution >= 4 is 5.91 Å². The van der Waals surface area contributed by atoms with Crippen LogP contribution in [0.1, 0.15) is 40.5 Å². The second-order valence-corrected chi connectivity index (χ2v) is 5.73. The first-order chi connectivity index (χ1) is 6.89. The summed E-state index contributed by atoms with van der Waals surface area (Å²) in [6.07, 6.45) is 1.70. The second-order valence-electron chi connectivity index (χ2n) is 5.73. The first kappa shape index (κ1) is 12.5. The second kappa shape index (κ2) is 4.97. The lowest BCUT2D eigenvalue weighted by Gasteiger charge is -2.27. The first-order valence-corrected chi connectivity index (χ1v) is 5.89. The van der Waals surface area contributed by atoms with Gasteiger partial charge in [-0.25, -0.2) is 0 Å². The van der Waals surface area contributed by atoms with Crippen molar-refractivity contribution in [3.63, 3.8) is 0 Å². The van der Waals surface area contributed by atoms with Crippen LogP contribution in [0, 0.1) is 11.3 Å². The van der Waals surface area contributed by atoms with Gasteiger partial charge < -0.3 is 10.6 Å². The van der Waals surface area contributed by atoms with Crippen LogP contribution in [0.5, 0.6) is 0 Å². The van der Waals surface area contributed by atoms with Crippen LogP contribution >= 0.6 is 0 Å². The van der Waals surface area contributed by atoms with E-state index in [4.69, 9.17) is 0 Å². The Balaban J connectivity index is 2.29. The standard InChI is InChI=1S/C12H24N2O/c1-9(12(2,3)4)7-11(15)14-10-5-6-13-8-10/h9-10,13H,5-8H2,1-4H3,(H,14,15)/t9?,10-/m0/s1. The number of carbonyl (C=O) groups excluding carboxylic acids is 1. The minimum Gasteiger partial charge on any atom is -0.352 e. The summed E-state index contributed by atoms with van der Waals surface area (Å²) in [5.41, 5.74) is 0.214. The summed E-state index contributed by atoms with van der Waals surface area (Å²) in [6, 6.07) is 0.352. The number of nitrogens with one attached hydrogen (secondary N) is 2. The summed E-state index contributed by atoms with van der Waals surface area (Å²) in [6.45, 7) is 10.6. The van der Waals surface area contributed by atoms with Crippen LogP contribution in [0.4, 0.5) is 0 Å². The molecule has 1 rings (SSSR count). The molecule has 15 heavy (non-hydrogen) atoms. The highest BCUT2D eigenvalue weighted by Gasteiger charge is 2.24. The van der Waals surface area contributed by atoms with Crippen molar-refractivity contribution in [2.24, 2.45) is 11.3 Å². The Morgan fingerprint density at radius 2 is 2.20 bits per heavy atom. The topological polar surface area (TPSA) is 41.1 Å². The summed E-state index contributed by atoms with van der Waals surface area (Å²) in [7, 11) is 0. The third-order valence-corrected chi connectivity index (χ3v) is 3.40. The Kier molecular flexibility index (Phi) is 4.14. The molecule has 1 fully saturated rings. The molecular weight excluding hydrogens is 188 g/mol. The molecule has 88 valence electrons. The van der Waals surface area contributed by atoms with E-state index in [0.717, 1.165) is 19.5 Å². The number of hydrogen-bond acceptors (Lipinski definition) is 2. The van der Waals surface area contributed by atoms with Crippen molar-refractivity contribution in [3.05, 3.63) is 0 Å². The summed E-state index contributed by atoms with van der Waals surface area (Å²) < 4.78 is 0. The van der Waals surface area contributed by atoms with E-state index in [0.29, 0.717) is 18.4 Å². The average molecular weight is 212 g/mol. The fraction of sp³-hybridized carbons (Fsp3) is 0.917. The first-order valence-electron chi connectivity index (χ1n) is 5.89. The van der Waals surface area contributed by atoms with Gasteiger partial charge in [-0.3, -0.25) is 4.79 Å². The van der Waals surface area contributed by atoms with Crippen molar-refractivity contribution in [2.75, 3.05) is 13.1 Å². The third kappa shape index (κ3) is 4.20. The van der Waals surface area contributed by atoms with Crippen LogP contribution in [0.3, 0.4) is 0 Å². The van der Waals surface area contributed by atoms with Gasteiger partial charge in [0.2, 0.25) is 5.91 Å². The molecule has 1 heterocycles. The zero-order chi connectivity index (χ0) is 11.5. The van der Waals surface area contributed by atoms with E-state index in [9.17, 15) is 4.79 Å². The summed E-state index contributed by atoms with van der Waals surface area (Å²) in [5, 5.41) is 6.33. The summed E-state index contributed by atoms with van der Waals surface area (Å²) >= 11 is 0. The van der Waals surface area contributed by atoms with Gasteiger partial charge in [-0.05, 0) is 24.3 Å². The molecule has 0 aliphatic carbocycles. The molecule has 0 saturated carbocycles. The lowest BCUT2D eigenvalue weighted by Crippen LogP contribution is -2.38. The van der Waals surface area contributed by atoms with Crippen LogP contribution in [0.15, 0.2) is 0 Å². The fourth-order valence-corrected chi connectivity index (χ4v) is 1.65. The van der Waals surface area contributed by atoms with Crippen LogP contribution in [-0.2, 0) is 4.79 Å². The van der Waals surface area contributed by atoms with E-state index < -0.39 is 0 Å². The normalized spacial score (nSPS) is 23.9. The van der Waals surface area contributed by atoms with Gasteiger partial charge >= 0.3 is 0 Å². The van der Waals surface area contributed by atoms with Crippen molar-refractivity contribution in [1.29, 1.82) is 0 Å². The minimum absolute atomic E-state index is 0.200. The molecule has 0 aromatic heterocycles. The Morgan fingerprint density at radius 3 is 2.67 bits per heavy atom. The Morgan fingerprint density at radius 1 is 1.53 bits per heavy atom. The van der Waals surface area contributed by atoms with Crippen LogP contribution in [-0.4, -0.2) is 25.0 Å². The van der Waals surface area contributed by atoms with E-state index in [-0.39, 0.29) is 11.3 Å². The van der Waals surface area contributed by atoms with Crippen LogP contribution in [0.25, 0.3) is 0 Å². The number of carbonyl (C=O) groups is 1. The highest BCUT2D eigenvalue weighted by molar-refractivity contribution is 5.76. The number of rotatable bonds is 3. The molecule has 2 N–H and O–H groups in total. The summed E-state index contributed by atoms with van der Waals surface area (Å²) in [5.74, 6) is 0.623. The molecule has 0 aromatic rings. The Bertz CT molecular complexity index is 214. The van der Waals surface area contributed by atoms with Gasteiger partial charge in [0.1, 0.15) is 0 Å². The molecule has 3 heteroatoms. The van der Waals surface area contributed by atoms with Gasteiger partial charge in [0.05, 0.1) is 0 Å². The monoisotopic (exact) mass is 212 g/mol. The van der Waals surface area contributed by atoms with Gasteiger partial charge in [0.15, 0.2) is 0 Å². The SMILES string of the molecule is CC(CC(=O)N[C@H]1CCNC1)C(C)(C)C. The van der Waals surface area contributed by atoms with E-state index in [1.54, 1.807) is 0 Å². The lowest BCUT2D eigenvalue weighted by atomic mass is 9.80. The van der Waals surface area contributed by atoms with Gasteiger partial charge in [0.25, 0.3) is 0 Å². The molecule has 1 saturated heterocycles. The molecular formula is C12H24N2O. The van der Waals surface area contributed by atoms with Crippen LogP contribution < -0.4 is 10.6 Å². The Labute approximate surface area is 93.0 Å². The molecule has 3 nitrogen and oxygen atoms in total. The average Bonchev–Trinajstić information content (AvgIpc) is 2.54. The van der Waals surface area contributed by atoms with E-state index in [1.165, 1.54) is 0 Å². The molecule has 0 radical (unpaired) electrons. The molecule has 1 unspecified atom stereocenters. The van der Waals surface area contributed by atoms with Crippen molar-refractivity contribution in [3.8, 4) is 0 Å². The smallest absolute Gasteiger partial charge is 0.220 e. The Hall–Kier alpha value is -0.570. The quantitative estimate of drug-likeness (QED) is 0.745. The van der Waals surface area contributed by atoms with Crippen molar-refractivity contribution < 1.29 is 4.79 Å². The van der Waals surface area contributed by atoms with Crippen molar-refractivity contribution in [2.45, 2.75) is 46.6 Å². The number of amides is 1. The zero-order valence-corrected chi connectivity index (χ0v) is 10.4. The predicted octanol–water partition coefficient (Wildman–Crippen LogP) is 1.54. The highest BCUT2D eigenvalue weighted by atomic mass is 16.1. The van der Waals surface area contributed by atoms with Gasteiger partial charge in [0, 0.05) is 19.0 Å². The molecule has 0 spiro atoms. The van der Waals surface area contributed by atoms with Crippen molar-refractivity contribution in [1.82, 2.24) is 10.6 Å². The molecule has 1 aliphatic heterocycles. The summed E-state index contributed by atoms with van der Waals surface area (Å²) in [4.78, 5) is 11.7. The minimum atomic E-state index is 0.200. The maximum atomic E-state index is 11.7. The van der Waals surface area contributed by atoms with E-state index >= 15 is 0 Å².